The first kappa shape index (κ1) is 12.9. The molecule has 0 heterocycles. The van der Waals surface area contributed by atoms with Gasteiger partial charge in [0.15, 0.2) is 11.6 Å². The number of rotatable bonds is 5. The third kappa shape index (κ3) is 3.74. The smallest absolute Gasteiger partial charge is 0.165 e. The highest BCUT2D eigenvalue weighted by Crippen LogP contribution is 2.19. The molecule has 0 atom stereocenters. The fourth-order valence-electron chi connectivity index (χ4n) is 1.40. The average molecular weight is 266 g/mol. The zero-order chi connectivity index (χ0) is 12.8. The normalized spacial score (nSPS) is 10.3. The Hall–Kier alpha value is -1.55. The molecule has 0 amide bonds. The molecule has 0 spiro atoms. The molecule has 0 aliphatic rings. The van der Waals surface area contributed by atoms with Crippen LogP contribution in [0.5, 0.6) is 5.75 Å². The molecule has 18 heavy (non-hydrogen) atoms. The number of para-hydroxylation sites is 1. The lowest BCUT2D eigenvalue weighted by atomic mass is 10.3. The Morgan fingerprint density at radius 3 is 2.39 bits per heavy atom. The Morgan fingerprint density at radius 1 is 0.944 bits per heavy atom. The molecule has 0 aliphatic carbocycles. The molecule has 4 heteroatoms. The molecule has 0 N–H and O–H groups in total. The summed E-state index contributed by atoms with van der Waals surface area (Å²) in [5, 5.41) is 0. The summed E-state index contributed by atoms with van der Waals surface area (Å²) in [4.78, 5) is 0.966. The van der Waals surface area contributed by atoms with Crippen LogP contribution < -0.4 is 4.74 Å². The number of hydrogen-bond acceptors (Lipinski definition) is 2. The van der Waals surface area contributed by atoms with Crippen LogP contribution in [0.4, 0.5) is 8.78 Å². The van der Waals surface area contributed by atoms with Gasteiger partial charge in [-0.05, 0) is 36.4 Å². The van der Waals surface area contributed by atoms with Crippen molar-refractivity contribution >= 4 is 11.8 Å². The lowest BCUT2D eigenvalue weighted by molar-refractivity contribution is 0.325. The zero-order valence-electron chi connectivity index (χ0n) is 9.61. The van der Waals surface area contributed by atoms with Crippen molar-refractivity contribution in [2.24, 2.45) is 0 Å². The SMILES string of the molecule is Fc1ccc(SCCOc2ccccc2F)cc1. The maximum Gasteiger partial charge on any atom is 0.165 e. The summed E-state index contributed by atoms with van der Waals surface area (Å²) in [6.45, 7) is 0.406. The topological polar surface area (TPSA) is 9.23 Å². The Bertz CT molecular complexity index is 499. The highest BCUT2D eigenvalue weighted by atomic mass is 32.2. The standard InChI is InChI=1S/C14H12F2OS/c15-11-5-7-12(8-6-11)18-10-9-17-14-4-2-1-3-13(14)16/h1-8H,9-10H2. The van der Waals surface area contributed by atoms with Crippen molar-refractivity contribution in [3.05, 3.63) is 60.2 Å². The molecule has 0 fully saturated rings. The van der Waals surface area contributed by atoms with Gasteiger partial charge >= 0.3 is 0 Å². The summed E-state index contributed by atoms with van der Waals surface area (Å²) >= 11 is 1.54. The highest BCUT2D eigenvalue weighted by Gasteiger charge is 2.01. The van der Waals surface area contributed by atoms with Gasteiger partial charge in [-0.25, -0.2) is 8.78 Å². The molecule has 0 radical (unpaired) electrons. The molecule has 1 nitrogen and oxygen atoms in total. The fourth-order valence-corrected chi connectivity index (χ4v) is 2.13. The molecule has 0 unspecified atom stereocenters. The number of benzene rings is 2. The Balaban J connectivity index is 1.76. The molecule has 2 aromatic carbocycles. The quantitative estimate of drug-likeness (QED) is 0.594. The maximum atomic E-state index is 13.2. The van der Waals surface area contributed by atoms with Crippen molar-refractivity contribution in [2.75, 3.05) is 12.4 Å². The van der Waals surface area contributed by atoms with Gasteiger partial charge < -0.3 is 4.74 Å². The number of halogens is 2. The van der Waals surface area contributed by atoms with Crippen LogP contribution in [-0.2, 0) is 0 Å². The summed E-state index contributed by atoms with van der Waals surface area (Å²) < 4.78 is 31.2. The monoisotopic (exact) mass is 266 g/mol. The molecule has 0 bridgehead atoms. The molecular weight excluding hydrogens is 254 g/mol. The predicted molar refractivity (Wildman–Crippen MR) is 69.0 cm³/mol. The summed E-state index contributed by atoms with van der Waals surface area (Å²) in [5.74, 6) is 0.336. The van der Waals surface area contributed by atoms with Crippen LogP contribution in [0.2, 0.25) is 0 Å². The van der Waals surface area contributed by atoms with Gasteiger partial charge in [-0.1, -0.05) is 12.1 Å². The van der Waals surface area contributed by atoms with Gasteiger partial charge in [0.1, 0.15) is 5.82 Å². The van der Waals surface area contributed by atoms with E-state index in [0.717, 1.165) is 4.90 Å². The van der Waals surface area contributed by atoms with E-state index in [-0.39, 0.29) is 17.4 Å². The van der Waals surface area contributed by atoms with Gasteiger partial charge in [0.25, 0.3) is 0 Å². The molecule has 0 aliphatic heterocycles. The van der Waals surface area contributed by atoms with Gasteiger partial charge in [-0.3, -0.25) is 0 Å². The van der Waals surface area contributed by atoms with E-state index in [1.807, 2.05) is 0 Å². The maximum absolute atomic E-state index is 13.2. The second kappa shape index (κ2) is 6.40. The molecule has 2 aromatic rings. The zero-order valence-corrected chi connectivity index (χ0v) is 10.4. The minimum absolute atomic E-state index is 0.248. The van der Waals surface area contributed by atoms with Crippen LogP contribution in [0.3, 0.4) is 0 Å². The molecule has 0 saturated carbocycles. The van der Waals surface area contributed by atoms with E-state index in [1.54, 1.807) is 42.1 Å². The van der Waals surface area contributed by atoms with Crippen molar-refractivity contribution < 1.29 is 13.5 Å². The minimum atomic E-state index is -0.357. The van der Waals surface area contributed by atoms with Crippen LogP contribution in [0.25, 0.3) is 0 Å². The van der Waals surface area contributed by atoms with Crippen molar-refractivity contribution in [1.29, 1.82) is 0 Å². The van der Waals surface area contributed by atoms with Crippen LogP contribution in [0.1, 0.15) is 0 Å². The summed E-state index contributed by atoms with van der Waals surface area (Å²) in [5.41, 5.74) is 0. The Labute approximate surface area is 109 Å². The average Bonchev–Trinajstić information content (AvgIpc) is 2.39. The minimum Gasteiger partial charge on any atom is -0.490 e. The molecular formula is C14H12F2OS. The molecule has 94 valence electrons. The van der Waals surface area contributed by atoms with Crippen molar-refractivity contribution in [2.45, 2.75) is 4.90 Å². The highest BCUT2D eigenvalue weighted by molar-refractivity contribution is 7.99. The first-order valence-corrected chi connectivity index (χ1v) is 6.50. The van der Waals surface area contributed by atoms with Gasteiger partial charge in [-0.15, -0.1) is 11.8 Å². The predicted octanol–water partition coefficient (Wildman–Crippen LogP) is 4.14. The second-order valence-corrected chi connectivity index (χ2v) is 4.75. The van der Waals surface area contributed by atoms with E-state index in [4.69, 9.17) is 4.74 Å². The van der Waals surface area contributed by atoms with E-state index < -0.39 is 0 Å². The van der Waals surface area contributed by atoms with Gasteiger partial charge in [-0.2, -0.15) is 0 Å². The largest absolute Gasteiger partial charge is 0.490 e. The molecule has 0 aromatic heterocycles. The van der Waals surface area contributed by atoms with E-state index in [2.05, 4.69) is 0 Å². The van der Waals surface area contributed by atoms with Crippen LogP contribution in [0, 0.1) is 11.6 Å². The van der Waals surface area contributed by atoms with Gasteiger partial charge in [0.2, 0.25) is 0 Å². The number of ether oxygens (including phenoxy) is 1. The van der Waals surface area contributed by atoms with Crippen LogP contribution >= 0.6 is 11.8 Å². The van der Waals surface area contributed by atoms with Gasteiger partial charge in [0.05, 0.1) is 6.61 Å². The number of thioether (sulfide) groups is 1. The fraction of sp³-hybridized carbons (Fsp3) is 0.143. The Kier molecular flexibility index (Phi) is 4.59. The first-order valence-electron chi connectivity index (χ1n) is 5.51. The summed E-state index contributed by atoms with van der Waals surface area (Å²) in [7, 11) is 0. The van der Waals surface area contributed by atoms with Crippen molar-refractivity contribution in [3.63, 3.8) is 0 Å². The van der Waals surface area contributed by atoms with E-state index in [1.165, 1.54) is 18.2 Å². The lowest BCUT2D eigenvalue weighted by Gasteiger charge is -2.06. The molecule has 0 saturated heterocycles. The van der Waals surface area contributed by atoms with Crippen molar-refractivity contribution in [1.82, 2.24) is 0 Å². The lowest BCUT2D eigenvalue weighted by Crippen LogP contribution is -2.01. The third-order valence-electron chi connectivity index (χ3n) is 2.26. The molecule has 2 rings (SSSR count). The summed E-state index contributed by atoms with van der Waals surface area (Å²) in [6.07, 6.45) is 0. The third-order valence-corrected chi connectivity index (χ3v) is 3.24. The van der Waals surface area contributed by atoms with Crippen molar-refractivity contribution in [3.8, 4) is 5.75 Å². The second-order valence-electron chi connectivity index (χ2n) is 3.58. The van der Waals surface area contributed by atoms with Crippen LogP contribution in [-0.4, -0.2) is 12.4 Å². The van der Waals surface area contributed by atoms with Crippen LogP contribution in [0.15, 0.2) is 53.4 Å². The van der Waals surface area contributed by atoms with E-state index in [0.29, 0.717) is 12.4 Å². The Morgan fingerprint density at radius 2 is 1.67 bits per heavy atom. The first-order chi connectivity index (χ1) is 8.75. The van der Waals surface area contributed by atoms with Gasteiger partial charge in [0, 0.05) is 10.6 Å². The van der Waals surface area contributed by atoms with E-state index >= 15 is 0 Å². The summed E-state index contributed by atoms with van der Waals surface area (Å²) in [6, 6.07) is 12.6. The van der Waals surface area contributed by atoms with E-state index in [9.17, 15) is 8.78 Å². The number of hydrogen-bond donors (Lipinski definition) is 0.